The number of carbonyl (C=O) groups excluding carboxylic acids is 3. The molecular formula is C21H23Cl2N3O6S2. The van der Waals surface area contributed by atoms with Crippen LogP contribution in [0.25, 0.3) is 0 Å². The van der Waals surface area contributed by atoms with Crippen LogP contribution in [0.1, 0.15) is 18.1 Å². The number of benzene rings is 2. The van der Waals surface area contributed by atoms with Gasteiger partial charge >= 0.3 is 12.0 Å². The van der Waals surface area contributed by atoms with Gasteiger partial charge in [-0.1, -0.05) is 59.6 Å². The second-order valence-corrected chi connectivity index (χ2v) is 10.3. The van der Waals surface area contributed by atoms with Gasteiger partial charge in [0, 0.05) is 12.6 Å². The summed E-state index contributed by atoms with van der Waals surface area (Å²) in [5, 5.41) is 4.05. The monoisotopic (exact) mass is 547 g/mol. The van der Waals surface area contributed by atoms with E-state index in [0.29, 0.717) is 5.75 Å². The molecule has 184 valence electrons. The fourth-order valence-electron chi connectivity index (χ4n) is 2.79. The molecule has 2 atom stereocenters. The third kappa shape index (κ3) is 7.60. The van der Waals surface area contributed by atoms with Gasteiger partial charge in [-0.05, 0) is 30.6 Å². The zero-order valence-electron chi connectivity index (χ0n) is 18.2. The first-order chi connectivity index (χ1) is 16.1. The number of urea groups is 1. The first-order valence-corrected chi connectivity index (χ1v) is 13.5. The third-order valence-electron chi connectivity index (χ3n) is 4.42. The van der Waals surface area contributed by atoms with Crippen molar-refractivity contribution in [2.24, 2.45) is 0 Å². The largest absolute Gasteiger partial charge is 0.446 e. The van der Waals surface area contributed by atoms with Crippen molar-refractivity contribution in [2.75, 3.05) is 19.1 Å². The molecule has 13 heteroatoms. The fourth-order valence-corrected chi connectivity index (χ4v) is 5.62. The minimum absolute atomic E-state index is 0.0554. The summed E-state index contributed by atoms with van der Waals surface area (Å²) in [4.78, 5) is 37.0. The summed E-state index contributed by atoms with van der Waals surface area (Å²) >= 11 is 13.5. The van der Waals surface area contributed by atoms with Crippen LogP contribution in [-0.2, 0) is 24.3 Å². The van der Waals surface area contributed by atoms with Crippen LogP contribution in [0.4, 0.5) is 4.79 Å². The minimum Gasteiger partial charge on any atom is -0.446 e. The van der Waals surface area contributed by atoms with Crippen molar-refractivity contribution < 1.29 is 27.5 Å². The van der Waals surface area contributed by atoms with E-state index < -0.39 is 40.1 Å². The number of esters is 1. The highest BCUT2D eigenvalue weighted by atomic mass is 35.5. The van der Waals surface area contributed by atoms with E-state index in [0.717, 1.165) is 0 Å². The molecule has 2 aromatic rings. The standard InChI is InChI=1S/C21H23Cl2N3O6S2/c1-24-21(29)25-19(27)17(13-7-4-3-5-8-13)32-20(28)16(11-12-33-2)26-34(30,31)18-14(22)9-6-10-15(18)23/h3-10,16-17,26H,11-12H2,1-2H3,(H2,24,25,27,29). The second-order valence-electron chi connectivity index (χ2n) is 6.80. The summed E-state index contributed by atoms with van der Waals surface area (Å²) in [5.41, 5.74) is 0.290. The maximum absolute atomic E-state index is 13.1. The van der Waals surface area contributed by atoms with Crippen LogP contribution in [-0.4, -0.2) is 51.4 Å². The van der Waals surface area contributed by atoms with Crippen LogP contribution in [0.15, 0.2) is 53.4 Å². The van der Waals surface area contributed by atoms with Gasteiger partial charge in [-0.3, -0.25) is 14.9 Å². The molecule has 0 aliphatic heterocycles. The average Bonchev–Trinajstić information content (AvgIpc) is 2.80. The molecule has 0 radical (unpaired) electrons. The van der Waals surface area contributed by atoms with Gasteiger partial charge in [0.2, 0.25) is 16.1 Å². The van der Waals surface area contributed by atoms with E-state index in [1.54, 1.807) is 24.5 Å². The Morgan fingerprint density at radius 3 is 2.21 bits per heavy atom. The molecule has 0 bridgehead atoms. The van der Waals surface area contributed by atoms with Gasteiger partial charge in [-0.25, -0.2) is 13.2 Å². The van der Waals surface area contributed by atoms with Crippen molar-refractivity contribution in [3.05, 3.63) is 64.1 Å². The highest BCUT2D eigenvalue weighted by molar-refractivity contribution is 7.98. The molecule has 0 fully saturated rings. The molecule has 2 aromatic carbocycles. The maximum Gasteiger partial charge on any atom is 0.325 e. The number of imide groups is 1. The van der Waals surface area contributed by atoms with Gasteiger partial charge in [0.15, 0.2) is 0 Å². The second kappa shape index (κ2) is 13.0. The Morgan fingerprint density at radius 1 is 1.03 bits per heavy atom. The van der Waals surface area contributed by atoms with Crippen LogP contribution in [0, 0.1) is 0 Å². The third-order valence-corrected chi connectivity index (χ3v) is 7.49. The number of nitrogens with one attached hydrogen (secondary N) is 3. The van der Waals surface area contributed by atoms with Gasteiger partial charge in [-0.15, -0.1) is 0 Å². The molecule has 0 saturated carbocycles. The summed E-state index contributed by atoms with van der Waals surface area (Å²) in [6, 6.07) is 10.0. The molecule has 0 heterocycles. The summed E-state index contributed by atoms with van der Waals surface area (Å²) < 4.78 is 33.7. The van der Waals surface area contributed by atoms with E-state index >= 15 is 0 Å². The Morgan fingerprint density at radius 2 is 1.65 bits per heavy atom. The highest BCUT2D eigenvalue weighted by Gasteiger charge is 2.33. The Bertz CT molecular complexity index is 1110. The topological polar surface area (TPSA) is 131 Å². The molecule has 9 nitrogen and oxygen atoms in total. The predicted molar refractivity (Wildman–Crippen MR) is 131 cm³/mol. The summed E-state index contributed by atoms with van der Waals surface area (Å²) in [6.07, 6.45) is 0.335. The molecule has 0 aromatic heterocycles. The summed E-state index contributed by atoms with van der Waals surface area (Å²) in [7, 11) is -3.01. The Hall–Kier alpha value is -2.31. The number of rotatable bonds is 10. The molecule has 0 spiro atoms. The van der Waals surface area contributed by atoms with E-state index in [9.17, 15) is 22.8 Å². The van der Waals surface area contributed by atoms with Gasteiger partial charge < -0.3 is 10.1 Å². The lowest BCUT2D eigenvalue weighted by Gasteiger charge is -2.22. The molecule has 2 unspecified atom stereocenters. The van der Waals surface area contributed by atoms with Crippen molar-refractivity contribution >= 4 is 62.9 Å². The van der Waals surface area contributed by atoms with Gasteiger partial charge in [0.05, 0.1) is 10.0 Å². The lowest BCUT2D eigenvalue weighted by atomic mass is 10.1. The van der Waals surface area contributed by atoms with Crippen LogP contribution < -0.4 is 15.4 Å². The normalized spacial score (nSPS) is 12.9. The molecule has 34 heavy (non-hydrogen) atoms. The van der Waals surface area contributed by atoms with E-state index in [2.05, 4.69) is 15.4 Å². The Kier molecular flexibility index (Phi) is 10.6. The molecule has 0 aliphatic carbocycles. The number of amides is 3. The number of thioether (sulfide) groups is 1. The SMILES string of the molecule is CNC(=O)NC(=O)C(OC(=O)C(CCSC)NS(=O)(=O)c1c(Cl)cccc1Cl)c1ccccc1. The van der Waals surface area contributed by atoms with Gasteiger partial charge in [0.25, 0.3) is 5.91 Å². The first-order valence-electron chi connectivity index (χ1n) is 9.84. The number of hydrogen-bond acceptors (Lipinski definition) is 7. The Labute approximate surface area is 212 Å². The van der Waals surface area contributed by atoms with Gasteiger partial charge in [0.1, 0.15) is 10.9 Å². The van der Waals surface area contributed by atoms with Crippen LogP contribution in [0.5, 0.6) is 0 Å². The highest BCUT2D eigenvalue weighted by Crippen LogP contribution is 2.29. The fraction of sp³-hybridized carbons (Fsp3) is 0.286. The molecule has 2 rings (SSSR count). The Balaban J connectivity index is 2.34. The summed E-state index contributed by atoms with van der Waals surface area (Å²) in [5.74, 6) is -1.51. The van der Waals surface area contributed by atoms with Crippen molar-refractivity contribution in [3.8, 4) is 0 Å². The zero-order valence-corrected chi connectivity index (χ0v) is 21.4. The first kappa shape index (κ1) is 27.9. The van der Waals surface area contributed by atoms with Crippen molar-refractivity contribution in [3.63, 3.8) is 0 Å². The smallest absolute Gasteiger partial charge is 0.325 e. The molecule has 0 aliphatic rings. The lowest BCUT2D eigenvalue weighted by molar-refractivity contribution is -0.157. The van der Waals surface area contributed by atoms with E-state index in [-0.39, 0.29) is 26.9 Å². The average molecular weight is 548 g/mol. The number of hydrogen-bond donors (Lipinski definition) is 3. The number of ether oxygens (including phenoxy) is 1. The van der Waals surface area contributed by atoms with Crippen LogP contribution in [0.3, 0.4) is 0 Å². The molecule has 0 saturated heterocycles. The predicted octanol–water partition coefficient (Wildman–Crippen LogP) is 3.13. The molecule has 3 amide bonds. The number of halogens is 2. The number of sulfonamides is 1. The van der Waals surface area contributed by atoms with E-state index in [4.69, 9.17) is 27.9 Å². The van der Waals surface area contributed by atoms with Crippen molar-refractivity contribution in [1.82, 2.24) is 15.4 Å². The van der Waals surface area contributed by atoms with Crippen molar-refractivity contribution in [1.29, 1.82) is 0 Å². The van der Waals surface area contributed by atoms with Crippen LogP contribution in [0.2, 0.25) is 10.0 Å². The summed E-state index contributed by atoms with van der Waals surface area (Å²) in [6.45, 7) is 0. The molecule has 3 N–H and O–H groups in total. The van der Waals surface area contributed by atoms with Crippen LogP contribution >= 0.6 is 35.0 Å². The van der Waals surface area contributed by atoms with E-state index in [1.807, 2.05) is 0 Å². The zero-order chi connectivity index (χ0) is 25.3. The lowest BCUT2D eigenvalue weighted by Crippen LogP contribution is -2.45. The van der Waals surface area contributed by atoms with Crippen molar-refractivity contribution in [2.45, 2.75) is 23.5 Å². The molecular weight excluding hydrogens is 525 g/mol. The quantitative estimate of drug-likeness (QED) is 0.389. The number of carbonyl (C=O) groups is 3. The minimum atomic E-state index is -4.33. The maximum atomic E-state index is 13.1. The van der Waals surface area contributed by atoms with Gasteiger partial charge in [-0.2, -0.15) is 16.5 Å². The van der Waals surface area contributed by atoms with E-state index in [1.165, 1.54) is 49.1 Å².